The first-order valence-electron chi connectivity index (χ1n) is 11.6. The molecule has 0 unspecified atom stereocenters. The summed E-state index contributed by atoms with van der Waals surface area (Å²) in [5.41, 5.74) is -4.56. The summed E-state index contributed by atoms with van der Waals surface area (Å²) in [6.45, 7) is 2.07. The van der Waals surface area contributed by atoms with Gasteiger partial charge in [0.15, 0.2) is 5.78 Å². The number of aromatic carboxylic acids is 1. The minimum atomic E-state index is -4.94. The Morgan fingerprint density at radius 2 is 1.62 bits per heavy atom. The van der Waals surface area contributed by atoms with Crippen LogP contribution in [0.15, 0.2) is 60.7 Å². The highest BCUT2D eigenvalue weighted by molar-refractivity contribution is 6.23. The van der Waals surface area contributed by atoms with E-state index in [2.05, 4.69) is 0 Å². The summed E-state index contributed by atoms with van der Waals surface area (Å²) >= 11 is 0. The minimum Gasteiger partial charge on any atom is -0.478 e. The third-order valence-electron chi connectivity index (χ3n) is 6.58. The van der Waals surface area contributed by atoms with E-state index < -0.39 is 64.6 Å². The minimum absolute atomic E-state index is 0.0406. The summed E-state index contributed by atoms with van der Waals surface area (Å²) < 4.78 is 55.7. The highest BCUT2D eigenvalue weighted by atomic mass is 19.4. The molecule has 1 heterocycles. The van der Waals surface area contributed by atoms with Crippen molar-refractivity contribution in [1.82, 2.24) is 4.90 Å². The Morgan fingerprint density at radius 1 is 1.00 bits per heavy atom. The molecular formula is C28H19F4N3O5. The van der Waals surface area contributed by atoms with Gasteiger partial charge in [0.05, 0.1) is 35.0 Å². The summed E-state index contributed by atoms with van der Waals surface area (Å²) in [4.78, 5) is 52.5. The number of imide groups is 1. The van der Waals surface area contributed by atoms with E-state index in [1.807, 2.05) is 0 Å². The molecule has 1 N–H and O–H groups in total. The van der Waals surface area contributed by atoms with Crippen molar-refractivity contribution in [2.75, 3.05) is 4.90 Å². The Kier molecular flexibility index (Phi) is 6.94. The maximum atomic E-state index is 15.1. The fourth-order valence-corrected chi connectivity index (χ4v) is 4.34. The molecule has 1 saturated heterocycles. The fraction of sp³-hybridized carbons (Fsp3) is 0.179. The number of halogens is 4. The number of rotatable bonds is 6. The maximum absolute atomic E-state index is 15.1. The van der Waals surface area contributed by atoms with Crippen molar-refractivity contribution < 1.29 is 41.8 Å². The van der Waals surface area contributed by atoms with E-state index in [0.29, 0.717) is 11.0 Å². The molecule has 1 aliphatic heterocycles. The first-order valence-corrected chi connectivity index (χ1v) is 11.6. The van der Waals surface area contributed by atoms with Crippen LogP contribution >= 0.6 is 0 Å². The summed E-state index contributed by atoms with van der Waals surface area (Å²) in [7, 11) is 0. The SMILES string of the molecule is CC1(C)C(=O)N(c2ccc(C#N)c(C(F)(F)F)c2)C(=O)N1Cc1c(F)cccc1C(=O)c1ccc(C(=O)O)cc1. The van der Waals surface area contributed by atoms with Gasteiger partial charge >= 0.3 is 18.2 Å². The van der Waals surface area contributed by atoms with Gasteiger partial charge in [-0.1, -0.05) is 24.3 Å². The largest absolute Gasteiger partial charge is 0.478 e. The highest BCUT2D eigenvalue weighted by Gasteiger charge is 2.52. The average Bonchev–Trinajstić information content (AvgIpc) is 3.07. The first kappa shape index (κ1) is 28.0. The van der Waals surface area contributed by atoms with Crippen molar-refractivity contribution >= 4 is 29.4 Å². The predicted octanol–water partition coefficient (Wildman–Crippen LogP) is 5.39. The molecule has 1 fully saturated rings. The second kappa shape index (κ2) is 9.92. The molecule has 0 spiro atoms. The summed E-state index contributed by atoms with van der Waals surface area (Å²) in [6.07, 6.45) is -4.94. The normalized spacial score (nSPS) is 14.8. The molecule has 0 radical (unpaired) electrons. The van der Waals surface area contributed by atoms with Gasteiger partial charge in [0.2, 0.25) is 0 Å². The van der Waals surface area contributed by atoms with Gasteiger partial charge in [0.25, 0.3) is 5.91 Å². The molecule has 0 aromatic heterocycles. The Balaban J connectivity index is 1.73. The number of nitrogens with zero attached hydrogens (tertiary/aromatic N) is 3. The van der Waals surface area contributed by atoms with E-state index in [0.717, 1.165) is 23.1 Å². The number of alkyl halides is 3. The van der Waals surface area contributed by atoms with Crippen molar-refractivity contribution in [2.24, 2.45) is 0 Å². The molecule has 0 bridgehead atoms. The molecule has 3 aromatic carbocycles. The van der Waals surface area contributed by atoms with Crippen LogP contribution in [0.2, 0.25) is 0 Å². The Morgan fingerprint density at radius 3 is 2.20 bits per heavy atom. The molecular weight excluding hydrogens is 534 g/mol. The number of carboxylic acid groups (broad SMARTS) is 1. The van der Waals surface area contributed by atoms with Crippen LogP contribution < -0.4 is 4.90 Å². The molecule has 0 saturated carbocycles. The van der Waals surface area contributed by atoms with Crippen LogP contribution in [0.3, 0.4) is 0 Å². The number of carbonyl (C=O) groups excluding carboxylic acids is 3. The van der Waals surface area contributed by atoms with E-state index in [4.69, 9.17) is 10.4 Å². The molecule has 3 aromatic rings. The molecule has 8 nitrogen and oxygen atoms in total. The third-order valence-corrected chi connectivity index (χ3v) is 6.58. The van der Waals surface area contributed by atoms with Gasteiger partial charge in [-0.25, -0.2) is 18.9 Å². The monoisotopic (exact) mass is 553 g/mol. The van der Waals surface area contributed by atoms with Crippen LogP contribution in [0.25, 0.3) is 0 Å². The third kappa shape index (κ3) is 4.77. The summed E-state index contributed by atoms with van der Waals surface area (Å²) in [5.74, 6) is -3.66. The zero-order chi connectivity index (χ0) is 29.6. The predicted molar refractivity (Wildman–Crippen MR) is 132 cm³/mol. The van der Waals surface area contributed by atoms with Crippen molar-refractivity contribution in [3.8, 4) is 6.07 Å². The number of nitriles is 1. The van der Waals surface area contributed by atoms with E-state index in [9.17, 15) is 32.3 Å². The number of amides is 3. The first-order chi connectivity index (χ1) is 18.7. The van der Waals surface area contributed by atoms with Crippen LogP contribution in [-0.4, -0.2) is 39.2 Å². The smallest absolute Gasteiger partial charge is 0.417 e. The van der Waals surface area contributed by atoms with Crippen molar-refractivity contribution in [3.63, 3.8) is 0 Å². The number of urea groups is 1. The summed E-state index contributed by atoms with van der Waals surface area (Å²) in [5, 5.41) is 18.1. The molecule has 4 rings (SSSR count). The number of benzene rings is 3. The topological polar surface area (TPSA) is 119 Å². The highest BCUT2D eigenvalue weighted by Crippen LogP contribution is 2.38. The van der Waals surface area contributed by atoms with E-state index in [1.165, 1.54) is 56.3 Å². The van der Waals surface area contributed by atoms with Crippen molar-refractivity contribution in [3.05, 3.63) is 99.9 Å². The van der Waals surface area contributed by atoms with Crippen LogP contribution in [0.4, 0.5) is 28.0 Å². The molecule has 3 amide bonds. The van der Waals surface area contributed by atoms with Crippen molar-refractivity contribution in [1.29, 1.82) is 5.26 Å². The quantitative estimate of drug-likeness (QED) is 0.248. The average molecular weight is 553 g/mol. The Hall–Kier alpha value is -5.05. The van der Waals surface area contributed by atoms with Crippen LogP contribution in [0.1, 0.15) is 56.8 Å². The lowest BCUT2D eigenvalue weighted by atomic mass is 9.95. The van der Waals surface area contributed by atoms with Gasteiger partial charge < -0.3 is 10.0 Å². The number of carbonyl (C=O) groups is 4. The number of hydrogen-bond acceptors (Lipinski definition) is 5. The number of carboxylic acids is 1. The van der Waals surface area contributed by atoms with Gasteiger partial charge in [-0.15, -0.1) is 0 Å². The molecule has 12 heteroatoms. The lowest BCUT2D eigenvalue weighted by Gasteiger charge is -2.28. The summed E-state index contributed by atoms with van der Waals surface area (Å²) in [6, 6.07) is 11.3. The fourth-order valence-electron chi connectivity index (χ4n) is 4.34. The van der Waals surface area contributed by atoms with Gasteiger partial charge in [0.1, 0.15) is 11.4 Å². The van der Waals surface area contributed by atoms with Crippen LogP contribution in [0.5, 0.6) is 0 Å². The molecule has 204 valence electrons. The number of hydrogen-bond donors (Lipinski definition) is 1. The van der Waals surface area contributed by atoms with Crippen molar-refractivity contribution in [2.45, 2.75) is 32.1 Å². The molecule has 1 aliphatic rings. The lowest BCUT2D eigenvalue weighted by molar-refractivity contribution is -0.137. The number of ketones is 1. The maximum Gasteiger partial charge on any atom is 0.417 e. The Labute approximate surface area is 224 Å². The Bertz CT molecular complexity index is 1610. The molecule has 0 aliphatic carbocycles. The van der Waals surface area contributed by atoms with E-state index in [1.54, 1.807) is 0 Å². The second-order valence-corrected chi connectivity index (χ2v) is 9.39. The molecule has 0 atom stereocenters. The molecule has 40 heavy (non-hydrogen) atoms. The van der Waals surface area contributed by atoms with Gasteiger partial charge in [-0.05, 0) is 50.2 Å². The second-order valence-electron chi connectivity index (χ2n) is 9.39. The van der Waals surface area contributed by atoms with Gasteiger partial charge in [-0.3, -0.25) is 9.59 Å². The lowest BCUT2D eigenvalue weighted by Crippen LogP contribution is -2.44. The van der Waals surface area contributed by atoms with E-state index >= 15 is 4.39 Å². The number of anilines is 1. The van der Waals surface area contributed by atoms with Gasteiger partial charge in [-0.2, -0.15) is 18.4 Å². The zero-order valence-corrected chi connectivity index (χ0v) is 20.9. The van der Waals surface area contributed by atoms with Crippen LogP contribution in [-0.2, 0) is 17.5 Å². The van der Waals surface area contributed by atoms with Crippen LogP contribution in [0, 0.1) is 17.1 Å². The zero-order valence-electron chi connectivity index (χ0n) is 20.9. The van der Waals surface area contributed by atoms with E-state index in [-0.39, 0.29) is 22.3 Å². The standard InChI is InChI=1S/C28H19F4N3O5/c1-27(2)25(39)35(18-11-10-17(13-33)21(12-18)28(30,31)32)26(40)34(27)14-20-19(4-3-5-22(20)29)23(36)15-6-8-16(9-7-15)24(37)38/h3-12H,14H2,1-2H3,(H,37,38). The van der Waals surface area contributed by atoms with Gasteiger partial charge in [0, 0.05) is 16.7 Å².